The molecule has 0 aliphatic carbocycles. The molecule has 0 spiro atoms. The number of carbonyl (C=O) groups is 1. The minimum atomic E-state index is 0.126. The van der Waals surface area contributed by atoms with Crippen LogP contribution in [0.1, 0.15) is 5.56 Å². The number of nitrogen functional groups attached to an aromatic ring is 1. The number of nitrogens with two attached hydrogens (primary N) is 1. The van der Waals surface area contributed by atoms with Crippen LogP contribution in [0, 0.1) is 0 Å². The van der Waals surface area contributed by atoms with Gasteiger partial charge in [0.2, 0.25) is 5.91 Å². The van der Waals surface area contributed by atoms with Gasteiger partial charge in [-0.05, 0) is 23.3 Å². The van der Waals surface area contributed by atoms with Crippen molar-refractivity contribution in [3.63, 3.8) is 0 Å². The average molecular weight is 242 g/mol. The van der Waals surface area contributed by atoms with Crippen LogP contribution < -0.4 is 10.6 Å². The Labute approximate surface area is 105 Å². The van der Waals surface area contributed by atoms with Gasteiger partial charge in [0.15, 0.2) is 5.82 Å². The van der Waals surface area contributed by atoms with Gasteiger partial charge in [0.05, 0.1) is 6.42 Å². The third-order valence-electron chi connectivity index (χ3n) is 3.32. The van der Waals surface area contributed by atoms with E-state index in [1.165, 1.54) is 0 Å². The van der Waals surface area contributed by atoms with Crippen molar-refractivity contribution >= 4 is 17.4 Å². The summed E-state index contributed by atoms with van der Waals surface area (Å²) in [7, 11) is 3.64. The molecule has 0 unspecified atom stereocenters. The molecular weight excluding hydrogens is 228 g/mol. The Hall–Kier alpha value is -2.30. The number of rotatable bonds is 1. The van der Waals surface area contributed by atoms with E-state index in [2.05, 4.69) is 5.10 Å². The molecular formula is C13H14N4O. The van der Waals surface area contributed by atoms with Crippen molar-refractivity contribution in [1.29, 1.82) is 0 Å². The van der Waals surface area contributed by atoms with Crippen molar-refractivity contribution in [3.8, 4) is 11.1 Å². The maximum Gasteiger partial charge on any atom is 0.231 e. The van der Waals surface area contributed by atoms with Crippen molar-refractivity contribution in [2.75, 3.05) is 17.7 Å². The Morgan fingerprint density at radius 3 is 2.78 bits per heavy atom. The van der Waals surface area contributed by atoms with Crippen molar-refractivity contribution in [1.82, 2.24) is 9.78 Å². The summed E-state index contributed by atoms with van der Waals surface area (Å²) in [4.78, 5) is 13.3. The van der Waals surface area contributed by atoms with Gasteiger partial charge in [0.1, 0.15) is 0 Å². The Morgan fingerprint density at radius 2 is 2.11 bits per heavy atom. The smallest absolute Gasteiger partial charge is 0.231 e. The lowest BCUT2D eigenvalue weighted by Crippen LogP contribution is -2.20. The summed E-state index contributed by atoms with van der Waals surface area (Å²) in [6.07, 6.45) is 2.34. The molecule has 1 amide bonds. The molecule has 1 aromatic heterocycles. The van der Waals surface area contributed by atoms with Gasteiger partial charge < -0.3 is 10.6 Å². The van der Waals surface area contributed by atoms with E-state index in [0.29, 0.717) is 12.2 Å². The summed E-state index contributed by atoms with van der Waals surface area (Å²) in [6.45, 7) is 0. The summed E-state index contributed by atoms with van der Waals surface area (Å²) in [5.74, 6) is 0.636. The van der Waals surface area contributed by atoms with Crippen molar-refractivity contribution < 1.29 is 4.79 Å². The van der Waals surface area contributed by atoms with E-state index in [4.69, 9.17) is 5.73 Å². The molecule has 92 valence electrons. The number of nitrogens with zero attached hydrogens (tertiary/aromatic N) is 3. The van der Waals surface area contributed by atoms with E-state index in [9.17, 15) is 4.79 Å². The normalized spacial score (nSPS) is 14.1. The fourth-order valence-electron chi connectivity index (χ4n) is 2.37. The first-order valence-corrected chi connectivity index (χ1v) is 5.75. The SMILES string of the molecule is CN1C(=O)Cc2cc(-c3cn(C)nc3N)ccc21. The van der Waals surface area contributed by atoms with Gasteiger partial charge in [0, 0.05) is 31.5 Å². The van der Waals surface area contributed by atoms with Crippen LogP contribution in [-0.2, 0) is 18.3 Å². The maximum atomic E-state index is 11.6. The van der Waals surface area contributed by atoms with Crippen LogP contribution in [0.15, 0.2) is 24.4 Å². The highest BCUT2D eigenvalue weighted by atomic mass is 16.2. The van der Waals surface area contributed by atoms with Crippen molar-refractivity contribution in [3.05, 3.63) is 30.0 Å². The minimum Gasteiger partial charge on any atom is -0.382 e. The minimum absolute atomic E-state index is 0.126. The molecule has 3 rings (SSSR count). The van der Waals surface area contributed by atoms with E-state index < -0.39 is 0 Å². The summed E-state index contributed by atoms with van der Waals surface area (Å²) in [5.41, 5.74) is 9.79. The molecule has 18 heavy (non-hydrogen) atoms. The number of anilines is 2. The van der Waals surface area contributed by atoms with Crippen molar-refractivity contribution in [2.24, 2.45) is 7.05 Å². The number of hydrogen-bond acceptors (Lipinski definition) is 3. The van der Waals surface area contributed by atoms with Crippen LogP contribution in [-0.4, -0.2) is 22.7 Å². The predicted octanol–water partition coefficient (Wildman–Crippen LogP) is 1.19. The molecule has 1 aliphatic heterocycles. The summed E-state index contributed by atoms with van der Waals surface area (Å²) in [5, 5.41) is 4.13. The summed E-state index contributed by atoms with van der Waals surface area (Å²) >= 11 is 0. The molecule has 0 saturated carbocycles. The van der Waals surface area contributed by atoms with Gasteiger partial charge in [-0.25, -0.2) is 0 Å². The number of fused-ring (bicyclic) bond motifs is 1. The lowest BCUT2D eigenvalue weighted by atomic mass is 10.0. The third kappa shape index (κ3) is 1.48. The maximum absolute atomic E-state index is 11.6. The van der Waals surface area contributed by atoms with Crippen LogP contribution >= 0.6 is 0 Å². The summed E-state index contributed by atoms with van der Waals surface area (Å²) < 4.78 is 1.69. The molecule has 2 aromatic rings. The molecule has 5 heteroatoms. The number of aryl methyl sites for hydroxylation is 1. The zero-order valence-electron chi connectivity index (χ0n) is 10.3. The van der Waals surface area contributed by atoms with Crippen LogP contribution in [0.25, 0.3) is 11.1 Å². The van der Waals surface area contributed by atoms with Crippen LogP contribution in [0.5, 0.6) is 0 Å². The number of aromatic nitrogens is 2. The second-order valence-electron chi connectivity index (χ2n) is 4.57. The highest BCUT2D eigenvalue weighted by molar-refractivity contribution is 6.01. The van der Waals surface area contributed by atoms with Gasteiger partial charge in [-0.2, -0.15) is 5.10 Å². The molecule has 0 bridgehead atoms. The van der Waals surface area contributed by atoms with Gasteiger partial charge in [-0.15, -0.1) is 0 Å². The zero-order chi connectivity index (χ0) is 12.9. The van der Waals surface area contributed by atoms with Gasteiger partial charge >= 0.3 is 0 Å². The van der Waals surface area contributed by atoms with E-state index >= 15 is 0 Å². The number of amides is 1. The van der Waals surface area contributed by atoms with Crippen molar-refractivity contribution in [2.45, 2.75) is 6.42 Å². The quantitative estimate of drug-likeness (QED) is 0.817. The first-order valence-electron chi connectivity index (χ1n) is 5.75. The molecule has 1 aliphatic rings. The molecule has 5 nitrogen and oxygen atoms in total. The number of carbonyl (C=O) groups excluding carboxylic acids is 1. The molecule has 0 atom stereocenters. The van der Waals surface area contributed by atoms with Crippen LogP contribution in [0.2, 0.25) is 0 Å². The van der Waals surface area contributed by atoms with Gasteiger partial charge in [0.25, 0.3) is 0 Å². The Morgan fingerprint density at radius 1 is 1.33 bits per heavy atom. The molecule has 0 saturated heterocycles. The molecule has 0 radical (unpaired) electrons. The van der Waals surface area contributed by atoms with Gasteiger partial charge in [-0.1, -0.05) is 6.07 Å². The first-order chi connectivity index (χ1) is 8.56. The largest absolute Gasteiger partial charge is 0.382 e. The van der Waals surface area contributed by atoms with Crippen LogP contribution in [0.3, 0.4) is 0 Å². The molecule has 2 heterocycles. The third-order valence-corrected chi connectivity index (χ3v) is 3.32. The van der Waals surface area contributed by atoms with E-state index in [-0.39, 0.29) is 5.91 Å². The van der Waals surface area contributed by atoms with E-state index in [1.807, 2.05) is 31.4 Å². The first kappa shape index (κ1) is 10.8. The molecule has 2 N–H and O–H groups in total. The highest BCUT2D eigenvalue weighted by Crippen LogP contribution is 2.33. The lowest BCUT2D eigenvalue weighted by Gasteiger charge is -2.10. The number of likely N-dealkylation sites (N-methyl/N-ethyl adjacent to an activating group) is 1. The Kier molecular flexibility index (Phi) is 2.16. The lowest BCUT2D eigenvalue weighted by molar-refractivity contribution is -0.117. The Balaban J connectivity index is 2.09. The zero-order valence-corrected chi connectivity index (χ0v) is 10.3. The fourth-order valence-corrected chi connectivity index (χ4v) is 2.37. The Bertz CT molecular complexity index is 644. The topological polar surface area (TPSA) is 64.2 Å². The average Bonchev–Trinajstić information content (AvgIpc) is 2.80. The van der Waals surface area contributed by atoms with E-state index in [0.717, 1.165) is 22.4 Å². The molecule has 0 fully saturated rings. The van der Waals surface area contributed by atoms with Crippen LogP contribution in [0.4, 0.5) is 11.5 Å². The number of benzene rings is 1. The fraction of sp³-hybridized carbons (Fsp3) is 0.231. The predicted molar refractivity (Wildman–Crippen MR) is 70.2 cm³/mol. The molecule has 1 aromatic carbocycles. The second kappa shape index (κ2) is 3.60. The second-order valence-corrected chi connectivity index (χ2v) is 4.57. The summed E-state index contributed by atoms with van der Waals surface area (Å²) in [6, 6.07) is 5.95. The standard InChI is InChI=1S/C13H14N4O/c1-16-7-10(13(14)15-16)8-3-4-11-9(5-8)6-12(18)17(11)2/h3-5,7H,6H2,1-2H3,(H2,14,15). The number of hydrogen-bond donors (Lipinski definition) is 1. The van der Waals surface area contributed by atoms with E-state index in [1.54, 1.807) is 16.6 Å². The van der Waals surface area contributed by atoms with Gasteiger partial charge in [-0.3, -0.25) is 9.48 Å². The highest BCUT2D eigenvalue weighted by Gasteiger charge is 2.24. The monoisotopic (exact) mass is 242 g/mol.